The molecule has 0 saturated carbocycles. The van der Waals surface area contributed by atoms with E-state index in [9.17, 15) is 4.79 Å². The molecule has 6 heteroatoms. The summed E-state index contributed by atoms with van der Waals surface area (Å²) in [5.74, 6) is 0.513. The molecule has 2 aliphatic rings. The fourth-order valence-corrected chi connectivity index (χ4v) is 4.78. The molecule has 2 fully saturated rings. The lowest BCUT2D eigenvalue weighted by Crippen LogP contribution is -2.51. The third-order valence-electron chi connectivity index (χ3n) is 6.26. The number of hydrogen-bond donors (Lipinski definition) is 0. The van der Waals surface area contributed by atoms with Gasteiger partial charge in [0.15, 0.2) is 0 Å². The number of carbonyl (C=O) groups is 1. The first kappa shape index (κ1) is 21.6. The van der Waals surface area contributed by atoms with Gasteiger partial charge < -0.3 is 4.90 Å². The van der Waals surface area contributed by atoms with Gasteiger partial charge in [0.1, 0.15) is 0 Å². The molecule has 1 amide bonds. The molecule has 0 unspecified atom stereocenters. The molecule has 0 radical (unpaired) electrons. The number of benzene rings is 2. The Bertz CT molecular complexity index is 845. The van der Waals surface area contributed by atoms with Crippen molar-refractivity contribution in [3.05, 3.63) is 69.7 Å². The summed E-state index contributed by atoms with van der Waals surface area (Å²) in [5, 5.41) is 1.19. The Morgan fingerprint density at radius 1 is 0.767 bits per heavy atom. The minimum absolute atomic E-state index is 0.163. The maximum absolute atomic E-state index is 13.0. The van der Waals surface area contributed by atoms with E-state index in [1.54, 1.807) is 0 Å². The van der Waals surface area contributed by atoms with Gasteiger partial charge in [-0.3, -0.25) is 14.6 Å². The van der Waals surface area contributed by atoms with Crippen molar-refractivity contribution in [2.24, 2.45) is 5.92 Å². The molecule has 2 saturated heterocycles. The van der Waals surface area contributed by atoms with E-state index >= 15 is 0 Å². The van der Waals surface area contributed by atoms with E-state index in [0.717, 1.165) is 65.2 Å². The number of rotatable bonds is 5. The highest BCUT2D eigenvalue weighted by atomic mass is 35.5. The van der Waals surface area contributed by atoms with Crippen molar-refractivity contribution in [1.29, 1.82) is 0 Å². The molecule has 0 bridgehead atoms. The van der Waals surface area contributed by atoms with Crippen LogP contribution in [0, 0.1) is 5.92 Å². The fourth-order valence-electron chi connectivity index (χ4n) is 4.46. The van der Waals surface area contributed by atoms with Crippen LogP contribution in [0.3, 0.4) is 0 Å². The summed E-state index contributed by atoms with van der Waals surface area (Å²) in [6.45, 7) is 7.32. The average molecular weight is 446 g/mol. The number of nitrogens with zero attached hydrogens (tertiary/aromatic N) is 3. The van der Waals surface area contributed by atoms with E-state index in [0.29, 0.717) is 16.0 Å². The molecular formula is C24H29Cl2N3O. The maximum atomic E-state index is 13.0. The third-order valence-corrected chi connectivity index (χ3v) is 7.00. The SMILES string of the molecule is O=C(C1CCN(Cc2ccc(Cl)c(Cl)c2)CC1)N1CCN(Cc2ccccc2)CC1. The van der Waals surface area contributed by atoms with Crippen molar-refractivity contribution in [2.75, 3.05) is 39.3 Å². The Morgan fingerprint density at radius 2 is 1.40 bits per heavy atom. The van der Waals surface area contributed by atoms with Crippen LogP contribution in [0.15, 0.2) is 48.5 Å². The van der Waals surface area contributed by atoms with E-state index in [2.05, 4.69) is 45.0 Å². The smallest absolute Gasteiger partial charge is 0.225 e. The van der Waals surface area contributed by atoms with Crippen LogP contribution in [0.5, 0.6) is 0 Å². The summed E-state index contributed by atoms with van der Waals surface area (Å²) >= 11 is 12.1. The standard InChI is InChI=1S/C24H29Cl2N3O/c25-22-7-6-20(16-23(22)26)18-27-10-8-21(9-11-27)24(30)29-14-12-28(13-15-29)17-19-4-2-1-3-5-19/h1-7,16,21H,8-15,17-18H2. The van der Waals surface area contributed by atoms with Crippen LogP contribution in [0.2, 0.25) is 10.0 Å². The first-order chi connectivity index (χ1) is 14.6. The third kappa shape index (κ3) is 5.55. The predicted octanol–water partition coefficient (Wildman–Crippen LogP) is 4.55. The summed E-state index contributed by atoms with van der Waals surface area (Å²) in [7, 11) is 0. The van der Waals surface area contributed by atoms with Crippen molar-refractivity contribution >= 4 is 29.1 Å². The van der Waals surface area contributed by atoms with Crippen LogP contribution >= 0.6 is 23.2 Å². The first-order valence-corrected chi connectivity index (χ1v) is 11.6. The second kappa shape index (κ2) is 10.1. The van der Waals surface area contributed by atoms with Gasteiger partial charge in [-0.05, 0) is 49.2 Å². The summed E-state index contributed by atoms with van der Waals surface area (Å²) in [6, 6.07) is 16.4. The van der Waals surface area contributed by atoms with Gasteiger partial charge in [-0.1, -0.05) is 59.6 Å². The lowest BCUT2D eigenvalue weighted by molar-refractivity contribution is -0.139. The minimum atomic E-state index is 0.163. The maximum Gasteiger partial charge on any atom is 0.225 e. The van der Waals surface area contributed by atoms with Gasteiger partial charge in [-0.15, -0.1) is 0 Å². The molecule has 2 heterocycles. The van der Waals surface area contributed by atoms with Crippen LogP contribution < -0.4 is 0 Å². The van der Waals surface area contributed by atoms with E-state index in [1.165, 1.54) is 11.1 Å². The van der Waals surface area contributed by atoms with Gasteiger partial charge in [0.25, 0.3) is 0 Å². The molecule has 0 spiro atoms. The molecule has 160 valence electrons. The van der Waals surface area contributed by atoms with Gasteiger partial charge in [0, 0.05) is 45.2 Å². The minimum Gasteiger partial charge on any atom is -0.340 e. The number of piperazine rings is 1. The first-order valence-electron chi connectivity index (χ1n) is 10.8. The van der Waals surface area contributed by atoms with E-state index in [-0.39, 0.29) is 5.92 Å². The summed E-state index contributed by atoms with van der Waals surface area (Å²) in [6.07, 6.45) is 1.87. The number of halogens is 2. The lowest BCUT2D eigenvalue weighted by Gasteiger charge is -2.38. The van der Waals surface area contributed by atoms with E-state index in [1.807, 2.05) is 18.2 Å². The zero-order valence-corrected chi connectivity index (χ0v) is 18.8. The number of piperidine rings is 1. The Labute approximate surface area is 189 Å². The number of hydrogen-bond acceptors (Lipinski definition) is 3. The lowest BCUT2D eigenvalue weighted by atomic mass is 9.94. The van der Waals surface area contributed by atoms with Gasteiger partial charge >= 0.3 is 0 Å². The van der Waals surface area contributed by atoms with Crippen molar-refractivity contribution < 1.29 is 4.79 Å². The van der Waals surface area contributed by atoms with Gasteiger partial charge in [0.2, 0.25) is 5.91 Å². The molecule has 0 N–H and O–H groups in total. The average Bonchev–Trinajstić information content (AvgIpc) is 2.78. The molecule has 0 aromatic heterocycles. The van der Waals surface area contributed by atoms with Crippen molar-refractivity contribution in [3.8, 4) is 0 Å². The Hall–Kier alpha value is -1.59. The molecular weight excluding hydrogens is 417 g/mol. The van der Waals surface area contributed by atoms with Gasteiger partial charge in [-0.25, -0.2) is 0 Å². The topological polar surface area (TPSA) is 26.8 Å². The Balaban J connectivity index is 1.21. The molecule has 2 aliphatic heterocycles. The molecule has 0 atom stereocenters. The number of amides is 1. The molecule has 4 rings (SSSR count). The highest BCUT2D eigenvalue weighted by Gasteiger charge is 2.30. The fraction of sp³-hybridized carbons (Fsp3) is 0.458. The van der Waals surface area contributed by atoms with Crippen molar-refractivity contribution in [1.82, 2.24) is 14.7 Å². The quantitative estimate of drug-likeness (QED) is 0.675. The van der Waals surface area contributed by atoms with Gasteiger partial charge in [-0.2, -0.15) is 0 Å². The van der Waals surface area contributed by atoms with Gasteiger partial charge in [0.05, 0.1) is 10.0 Å². The zero-order chi connectivity index (χ0) is 20.9. The van der Waals surface area contributed by atoms with E-state index in [4.69, 9.17) is 23.2 Å². The molecule has 30 heavy (non-hydrogen) atoms. The molecule has 2 aromatic rings. The Morgan fingerprint density at radius 3 is 2.07 bits per heavy atom. The number of likely N-dealkylation sites (tertiary alicyclic amines) is 1. The van der Waals surface area contributed by atoms with Crippen molar-refractivity contribution in [2.45, 2.75) is 25.9 Å². The molecule has 2 aromatic carbocycles. The highest BCUT2D eigenvalue weighted by molar-refractivity contribution is 6.42. The van der Waals surface area contributed by atoms with E-state index < -0.39 is 0 Å². The predicted molar refractivity (Wildman–Crippen MR) is 123 cm³/mol. The largest absolute Gasteiger partial charge is 0.340 e. The summed E-state index contributed by atoms with van der Waals surface area (Å²) in [5.41, 5.74) is 2.51. The van der Waals surface area contributed by atoms with Crippen LogP contribution in [-0.2, 0) is 17.9 Å². The monoisotopic (exact) mass is 445 g/mol. The van der Waals surface area contributed by atoms with Crippen LogP contribution in [-0.4, -0.2) is 59.9 Å². The second-order valence-corrected chi connectivity index (χ2v) is 9.20. The molecule has 0 aliphatic carbocycles. The highest BCUT2D eigenvalue weighted by Crippen LogP contribution is 2.26. The normalized spacial score (nSPS) is 19.2. The van der Waals surface area contributed by atoms with Crippen LogP contribution in [0.25, 0.3) is 0 Å². The second-order valence-electron chi connectivity index (χ2n) is 8.39. The number of carbonyl (C=O) groups excluding carboxylic acids is 1. The van der Waals surface area contributed by atoms with Crippen LogP contribution in [0.1, 0.15) is 24.0 Å². The Kier molecular flexibility index (Phi) is 7.32. The molecule has 4 nitrogen and oxygen atoms in total. The van der Waals surface area contributed by atoms with Crippen LogP contribution in [0.4, 0.5) is 0 Å². The van der Waals surface area contributed by atoms with Crippen molar-refractivity contribution in [3.63, 3.8) is 0 Å². The summed E-state index contributed by atoms with van der Waals surface area (Å²) in [4.78, 5) is 20.0. The zero-order valence-electron chi connectivity index (χ0n) is 17.3. The summed E-state index contributed by atoms with van der Waals surface area (Å²) < 4.78 is 0.